The Balaban J connectivity index is 1.60. The van der Waals surface area contributed by atoms with Gasteiger partial charge in [-0.25, -0.2) is 19.9 Å². The summed E-state index contributed by atoms with van der Waals surface area (Å²) in [6, 6.07) is 1.80. The molecule has 27 heavy (non-hydrogen) atoms. The van der Waals surface area contributed by atoms with Gasteiger partial charge in [0.25, 0.3) is 5.91 Å². The molecule has 8 nitrogen and oxygen atoms in total. The number of hydrogen-bond donors (Lipinski definition) is 0. The van der Waals surface area contributed by atoms with Gasteiger partial charge in [-0.05, 0) is 18.9 Å². The molecule has 3 heterocycles. The van der Waals surface area contributed by atoms with Crippen molar-refractivity contribution in [3.8, 4) is 0 Å². The minimum Gasteiger partial charge on any atom is -0.341 e. The molecule has 0 spiro atoms. The molecule has 0 atom stereocenters. The maximum absolute atomic E-state index is 12.8. The molecule has 0 aromatic carbocycles. The second-order valence-corrected chi connectivity index (χ2v) is 6.59. The summed E-state index contributed by atoms with van der Waals surface area (Å²) < 4.78 is 0. The number of piperazine rings is 1. The molecule has 2 aromatic rings. The standard InChI is InChI=1S/C19H27N7O/c1-3-8-25(9-4-2)19-22-14-16(15-23-19)17(27)24-10-12-26(13-11-24)18-20-6-5-7-21-18/h5-7,14-15H,3-4,8-13H2,1-2H3. The number of aromatic nitrogens is 4. The van der Waals surface area contributed by atoms with Gasteiger partial charge in [0, 0.05) is 64.1 Å². The average molecular weight is 369 g/mol. The maximum atomic E-state index is 12.8. The van der Waals surface area contributed by atoms with Gasteiger partial charge < -0.3 is 14.7 Å². The first-order valence-electron chi connectivity index (χ1n) is 9.61. The lowest BCUT2D eigenvalue weighted by Gasteiger charge is -2.34. The molecule has 1 aliphatic heterocycles. The van der Waals surface area contributed by atoms with Crippen LogP contribution in [0.25, 0.3) is 0 Å². The molecule has 0 unspecified atom stereocenters. The number of carbonyl (C=O) groups excluding carboxylic acids is 1. The third-order valence-corrected chi connectivity index (χ3v) is 4.56. The van der Waals surface area contributed by atoms with E-state index in [2.05, 4.69) is 43.6 Å². The Bertz CT molecular complexity index is 709. The van der Waals surface area contributed by atoms with Crippen molar-refractivity contribution in [2.75, 3.05) is 49.1 Å². The average Bonchev–Trinajstić information content (AvgIpc) is 2.74. The van der Waals surface area contributed by atoms with Crippen molar-refractivity contribution in [3.05, 3.63) is 36.4 Å². The van der Waals surface area contributed by atoms with E-state index >= 15 is 0 Å². The Kier molecular flexibility index (Phi) is 6.51. The van der Waals surface area contributed by atoms with E-state index in [1.54, 1.807) is 30.9 Å². The highest BCUT2D eigenvalue weighted by Gasteiger charge is 2.24. The summed E-state index contributed by atoms with van der Waals surface area (Å²) in [6.07, 6.45) is 8.85. The quantitative estimate of drug-likeness (QED) is 0.737. The first-order valence-corrected chi connectivity index (χ1v) is 9.61. The second-order valence-electron chi connectivity index (χ2n) is 6.59. The van der Waals surface area contributed by atoms with Crippen LogP contribution in [0.4, 0.5) is 11.9 Å². The van der Waals surface area contributed by atoms with Crippen molar-refractivity contribution < 1.29 is 4.79 Å². The second kappa shape index (κ2) is 9.25. The van der Waals surface area contributed by atoms with Crippen molar-refractivity contribution in [1.29, 1.82) is 0 Å². The number of nitrogens with zero attached hydrogens (tertiary/aromatic N) is 7. The third kappa shape index (κ3) is 4.69. The van der Waals surface area contributed by atoms with Crippen LogP contribution in [0.5, 0.6) is 0 Å². The molecule has 1 saturated heterocycles. The zero-order valence-electron chi connectivity index (χ0n) is 16.1. The van der Waals surface area contributed by atoms with E-state index in [-0.39, 0.29) is 5.91 Å². The van der Waals surface area contributed by atoms with Crippen molar-refractivity contribution >= 4 is 17.8 Å². The molecular weight excluding hydrogens is 342 g/mol. The fourth-order valence-electron chi connectivity index (χ4n) is 3.19. The molecule has 0 saturated carbocycles. The number of anilines is 2. The predicted molar refractivity (Wildman–Crippen MR) is 105 cm³/mol. The first kappa shape index (κ1) is 19.0. The van der Waals surface area contributed by atoms with Crippen molar-refractivity contribution in [1.82, 2.24) is 24.8 Å². The Labute approximate surface area is 160 Å². The van der Waals surface area contributed by atoms with Crippen LogP contribution in [-0.2, 0) is 0 Å². The topological polar surface area (TPSA) is 78.4 Å². The van der Waals surface area contributed by atoms with Crippen LogP contribution in [0.1, 0.15) is 37.0 Å². The van der Waals surface area contributed by atoms with Crippen LogP contribution in [0.2, 0.25) is 0 Å². The van der Waals surface area contributed by atoms with Crippen LogP contribution in [-0.4, -0.2) is 70.0 Å². The van der Waals surface area contributed by atoms with E-state index in [9.17, 15) is 4.79 Å². The predicted octanol–water partition coefficient (Wildman–Crippen LogP) is 1.86. The molecule has 8 heteroatoms. The Morgan fingerprint density at radius 3 is 2.11 bits per heavy atom. The monoisotopic (exact) mass is 369 g/mol. The number of hydrogen-bond acceptors (Lipinski definition) is 7. The minimum absolute atomic E-state index is 0.0206. The lowest BCUT2D eigenvalue weighted by atomic mass is 10.2. The fourth-order valence-corrected chi connectivity index (χ4v) is 3.19. The first-order chi connectivity index (χ1) is 13.2. The van der Waals surface area contributed by atoms with Gasteiger partial charge in [-0.3, -0.25) is 4.79 Å². The summed E-state index contributed by atoms with van der Waals surface area (Å²) in [5.74, 6) is 1.39. The molecule has 1 fully saturated rings. The molecule has 0 radical (unpaired) electrons. The largest absolute Gasteiger partial charge is 0.341 e. The summed E-state index contributed by atoms with van der Waals surface area (Å²) in [4.78, 5) is 36.3. The van der Waals surface area contributed by atoms with Gasteiger partial charge >= 0.3 is 0 Å². The summed E-state index contributed by atoms with van der Waals surface area (Å²) >= 11 is 0. The van der Waals surface area contributed by atoms with Crippen LogP contribution in [0.15, 0.2) is 30.9 Å². The Morgan fingerprint density at radius 2 is 1.56 bits per heavy atom. The van der Waals surface area contributed by atoms with Crippen molar-refractivity contribution in [3.63, 3.8) is 0 Å². The van der Waals surface area contributed by atoms with Gasteiger partial charge in [-0.2, -0.15) is 0 Å². The van der Waals surface area contributed by atoms with E-state index in [4.69, 9.17) is 0 Å². The molecule has 0 aliphatic carbocycles. The highest BCUT2D eigenvalue weighted by molar-refractivity contribution is 5.93. The molecule has 1 amide bonds. The Morgan fingerprint density at radius 1 is 0.963 bits per heavy atom. The normalized spacial score (nSPS) is 14.3. The molecular formula is C19H27N7O. The van der Waals surface area contributed by atoms with Gasteiger partial charge in [0.2, 0.25) is 11.9 Å². The van der Waals surface area contributed by atoms with E-state index in [0.29, 0.717) is 30.5 Å². The summed E-state index contributed by atoms with van der Waals surface area (Å²) in [5, 5.41) is 0. The number of carbonyl (C=O) groups is 1. The van der Waals surface area contributed by atoms with Crippen molar-refractivity contribution in [2.24, 2.45) is 0 Å². The summed E-state index contributed by atoms with van der Waals surface area (Å²) in [7, 11) is 0. The third-order valence-electron chi connectivity index (χ3n) is 4.56. The van der Waals surface area contributed by atoms with Gasteiger partial charge in [-0.1, -0.05) is 13.8 Å². The van der Waals surface area contributed by atoms with Gasteiger partial charge in [0.1, 0.15) is 0 Å². The molecule has 144 valence electrons. The molecule has 0 bridgehead atoms. The van der Waals surface area contributed by atoms with Crippen LogP contribution < -0.4 is 9.80 Å². The Hall–Kier alpha value is -2.77. The van der Waals surface area contributed by atoms with Crippen molar-refractivity contribution in [2.45, 2.75) is 26.7 Å². The lowest BCUT2D eigenvalue weighted by Crippen LogP contribution is -2.49. The van der Waals surface area contributed by atoms with Gasteiger partial charge in [-0.15, -0.1) is 0 Å². The van der Waals surface area contributed by atoms with E-state index in [1.165, 1.54) is 0 Å². The van der Waals surface area contributed by atoms with Crippen LogP contribution in [0, 0.1) is 0 Å². The number of rotatable bonds is 7. The summed E-state index contributed by atoms with van der Waals surface area (Å²) in [5.41, 5.74) is 0.538. The smallest absolute Gasteiger partial charge is 0.257 e. The summed E-state index contributed by atoms with van der Waals surface area (Å²) in [6.45, 7) is 8.83. The highest BCUT2D eigenvalue weighted by atomic mass is 16.2. The minimum atomic E-state index is -0.0206. The molecule has 2 aromatic heterocycles. The zero-order chi connectivity index (χ0) is 19.1. The van der Waals surface area contributed by atoms with E-state index in [0.717, 1.165) is 39.0 Å². The molecule has 3 rings (SSSR count). The van der Waals surface area contributed by atoms with Crippen LogP contribution >= 0.6 is 0 Å². The lowest BCUT2D eigenvalue weighted by molar-refractivity contribution is 0.0745. The molecule has 0 N–H and O–H groups in total. The van der Waals surface area contributed by atoms with E-state index in [1.807, 2.05) is 4.90 Å². The van der Waals surface area contributed by atoms with E-state index < -0.39 is 0 Å². The van der Waals surface area contributed by atoms with Gasteiger partial charge in [0.05, 0.1) is 5.56 Å². The van der Waals surface area contributed by atoms with Crippen LogP contribution in [0.3, 0.4) is 0 Å². The maximum Gasteiger partial charge on any atom is 0.257 e. The zero-order valence-corrected chi connectivity index (χ0v) is 16.1. The SMILES string of the molecule is CCCN(CCC)c1ncc(C(=O)N2CCN(c3ncccn3)CC2)cn1. The fraction of sp³-hybridized carbons (Fsp3) is 0.526. The highest BCUT2D eigenvalue weighted by Crippen LogP contribution is 2.14. The molecule has 1 aliphatic rings. The number of amides is 1. The van der Waals surface area contributed by atoms with Gasteiger partial charge in [0.15, 0.2) is 0 Å².